The zero-order valence-corrected chi connectivity index (χ0v) is 14.8. The van der Waals surface area contributed by atoms with Gasteiger partial charge in [-0.2, -0.15) is 4.98 Å². The summed E-state index contributed by atoms with van der Waals surface area (Å²) in [7, 11) is -0.821. The van der Waals surface area contributed by atoms with Crippen molar-refractivity contribution in [2.24, 2.45) is 0 Å². The molecule has 0 spiro atoms. The Kier molecular flexibility index (Phi) is 5.11. The van der Waals surface area contributed by atoms with Gasteiger partial charge < -0.3 is 14.7 Å². The molecule has 136 valence electrons. The molecule has 10 nitrogen and oxygen atoms in total. The van der Waals surface area contributed by atoms with Crippen LogP contribution < -0.4 is 9.80 Å². The highest BCUT2D eigenvalue weighted by Crippen LogP contribution is 2.31. The molecule has 11 heteroatoms. The van der Waals surface area contributed by atoms with E-state index in [0.29, 0.717) is 68.2 Å². The first-order valence-electron chi connectivity index (χ1n) is 8.07. The minimum Gasteiger partial charge on any atom is -0.347 e. The zero-order valence-electron chi connectivity index (χ0n) is 14.0. The van der Waals surface area contributed by atoms with E-state index >= 15 is 0 Å². The number of aryl methyl sites for hydroxylation is 1. The number of anilines is 2. The van der Waals surface area contributed by atoms with Gasteiger partial charge in [0.05, 0.1) is 4.92 Å². The molecular weight excluding hydrogens is 348 g/mol. The number of hydrogen-bond donors (Lipinski definition) is 0. The van der Waals surface area contributed by atoms with E-state index in [1.54, 1.807) is 11.8 Å². The predicted octanol–water partition coefficient (Wildman–Crippen LogP) is -0.460. The van der Waals surface area contributed by atoms with E-state index in [1.807, 2.05) is 9.80 Å². The van der Waals surface area contributed by atoms with E-state index < -0.39 is 15.7 Å². The van der Waals surface area contributed by atoms with Gasteiger partial charge in [-0.1, -0.05) is 0 Å². The fraction of sp³-hybridized carbons (Fsp3) is 0.643. The molecule has 3 rings (SSSR count). The highest BCUT2D eigenvalue weighted by atomic mass is 32.2. The topological polar surface area (TPSA) is 113 Å². The number of piperazine rings is 1. The first kappa shape index (κ1) is 17.5. The molecule has 25 heavy (non-hydrogen) atoms. The van der Waals surface area contributed by atoms with Crippen LogP contribution in [0.15, 0.2) is 0 Å². The molecule has 0 radical (unpaired) electrons. The number of nitro groups is 1. The molecule has 1 aromatic heterocycles. The van der Waals surface area contributed by atoms with Crippen LogP contribution in [0.5, 0.6) is 0 Å². The van der Waals surface area contributed by atoms with Crippen molar-refractivity contribution in [3.05, 3.63) is 15.8 Å². The number of aromatic nitrogens is 2. The minimum absolute atomic E-state index is 0.0936. The van der Waals surface area contributed by atoms with Crippen LogP contribution in [0.2, 0.25) is 0 Å². The summed E-state index contributed by atoms with van der Waals surface area (Å²) in [5, 5.41) is 11.5. The summed E-state index contributed by atoms with van der Waals surface area (Å²) >= 11 is 0. The van der Waals surface area contributed by atoms with Crippen molar-refractivity contribution in [3.8, 4) is 0 Å². The Morgan fingerprint density at radius 3 is 2.28 bits per heavy atom. The average molecular weight is 368 g/mol. The van der Waals surface area contributed by atoms with Gasteiger partial charge in [0.2, 0.25) is 18.2 Å². The molecule has 0 aliphatic carbocycles. The van der Waals surface area contributed by atoms with Crippen molar-refractivity contribution in [1.29, 1.82) is 0 Å². The molecule has 0 atom stereocenters. The van der Waals surface area contributed by atoms with Crippen LogP contribution in [0.25, 0.3) is 0 Å². The lowest BCUT2D eigenvalue weighted by Gasteiger charge is -2.34. The third kappa shape index (κ3) is 3.70. The molecule has 2 aliphatic rings. The summed E-state index contributed by atoms with van der Waals surface area (Å²) in [6, 6.07) is 0. The van der Waals surface area contributed by atoms with E-state index in [-0.39, 0.29) is 5.69 Å². The second-order valence-corrected chi connectivity index (χ2v) is 7.70. The van der Waals surface area contributed by atoms with Gasteiger partial charge in [-0.15, -0.1) is 0 Å². The van der Waals surface area contributed by atoms with Gasteiger partial charge in [-0.3, -0.25) is 19.1 Å². The smallest absolute Gasteiger partial charge is 0.332 e. The fourth-order valence-corrected chi connectivity index (χ4v) is 4.04. The van der Waals surface area contributed by atoms with Crippen molar-refractivity contribution < 1.29 is 13.9 Å². The van der Waals surface area contributed by atoms with Crippen LogP contribution in [0.1, 0.15) is 5.69 Å². The van der Waals surface area contributed by atoms with Crippen LogP contribution in [0.3, 0.4) is 0 Å². The summed E-state index contributed by atoms with van der Waals surface area (Å²) in [5.74, 6) is 1.83. The molecule has 0 aromatic carbocycles. The Balaban J connectivity index is 1.92. The van der Waals surface area contributed by atoms with Gasteiger partial charge >= 0.3 is 5.69 Å². The highest BCUT2D eigenvalue weighted by Gasteiger charge is 2.30. The second kappa shape index (κ2) is 7.30. The lowest BCUT2D eigenvalue weighted by atomic mass is 10.2. The van der Waals surface area contributed by atoms with Gasteiger partial charge in [0.15, 0.2) is 0 Å². The maximum absolute atomic E-state index is 11.5. The molecule has 3 heterocycles. The summed E-state index contributed by atoms with van der Waals surface area (Å²) < 4.78 is 11.5. The van der Waals surface area contributed by atoms with E-state index in [1.165, 1.54) is 0 Å². The number of carbonyl (C=O) groups excluding carboxylic acids is 1. The lowest BCUT2D eigenvalue weighted by molar-refractivity contribution is -0.385. The first-order valence-corrected chi connectivity index (χ1v) is 9.55. The number of carbonyl (C=O) groups is 1. The van der Waals surface area contributed by atoms with E-state index in [4.69, 9.17) is 0 Å². The van der Waals surface area contributed by atoms with Crippen LogP contribution in [-0.4, -0.2) is 81.2 Å². The molecule has 2 saturated heterocycles. The molecule has 0 unspecified atom stereocenters. The molecular formula is C14H20N6O4S. The molecule has 2 aliphatic heterocycles. The quantitative estimate of drug-likeness (QED) is 0.399. The van der Waals surface area contributed by atoms with Crippen LogP contribution >= 0.6 is 0 Å². The Bertz CT molecular complexity index is 697. The van der Waals surface area contributed by atoms with Crippen LogP contribution in [0, 0.1) is 17.0 Å². The molecule has 1 aromatic rings. The van der Waals surface area contributed by atoms with Crippen molar-refractivity contribution in [1.82, 2.24) is 14.9 Å². The van der Waals surface area contributed by atoms with Gasteiger partial charge in [0.25, 0.3) is 0 Å². The molecule has 0 N–H and O–H groups in total. The summed E-state index contributed by atoms with van der Waals surface area (Å²) in [6.07, 6.45) is 0.788. The standard InChI is InChI=1S/C14H20N6O4S/c1-11-12(20(22)23)13(18-4-2-17(10-21)3-5-18)16-14(15-11)19-6-8-25(24)9-7-19/h10H,2-9H2,1H3. The first-order chi connectivity index (χ1) is 12.0. The summed E-state index contributed by atoms with van der Waals surface area (Å²) in [6.45, 7) is 4.73. The highest BCUT2D eigenvalue weighted by molar-refractivity contribution is 7.85. The maximum Gasteiger partial charge on any atom is 0.332 e. The molecule has 2 fully saturated rings. The minimum atomic E-state index is -0.821. The fourth-order valence-electron chi connectivity index (χ4n) is 2.99. The SMILES string of the molecule is Cc1nc(N2CCS(=O)CC2)nc(N2CCN(C=O)CC2)c1[N+](=O)[O-]. The average Bonchev–Trinajstić information content (AvgIpc) is 2.61. The number of rotatable bonds is 4. The summed E-state index contributed by atoms with van der Waals surface area (Å²) in [4.78, 5) is 36.1. The zero-order chi connectivity index (χ0) is 18.0. The van der Waals surface area contributed by atoms with E-state index in [9.17, 15) is 19.1 Å². The summed E-state index contributed by atoms with van der Waals surface area (Å²) in [5.41, 5.74) is 0.221. The van der Waals surface area contributed by atoms with Crippen molar-refractivity contribution in [2.75, 3.05) is 60.6 Å². The number of amides is 1. The van der Waals surface area contributed by atoms with Gasteiger partial charge in [0, 0.05) is 61.6 Å². The van der Waals surface area contributed by atoms with Crippen molar-refractivity contribution in [3.63, 3.8) is 0 Å². The maximum atomic E-state index is 11.5. The normalized spacial score (nSPS) is 19.2. The van der Waals surface area contributed by atoms with Gasteiger partial charge in [0.1, 0.15) is 5.69 Å². The van der Waals surface area contributed by atoms with Crippen LogP contribution in [0.4, 0.5) is 17.5 Å². The number of nitrogens with zero attached hydrogens (tertiary/aromatic N) is 6. The van der Waals surface area contributed by atoms with E-state index in [2.05, 4.69) is 9.97 Å². The Hall–Kier alpha value is -2.30. The molecule has 0 bridgehead atoms. The van der Waals surface area contributed by atoms with E-state index in [0.717, 1.165) is 6.41 Å². The monoisotopic (exact) mass is 368 g/mol. The lowest BCUT2D eigenvalue weighted by Crippen LogP contribution is -2.46. The van der Waals surface area contributed by atoms with Gasteiger partial charge in [-0.25, -0.2) is 4.98 Å². The Morgan fingerprint density at radius 1 is 1.08 bits per heavy atom. The largest absolute Gasteiger partial charge is 0.347 e. The van der Waals surface area contributed by atoms with Crippen LogP contribution in [-0.2, 0) is 15.6 Å². The Labute approximate surface area is 147 Å². The van der Waals surface area contributed by atoms with Crippen molar-refractivity contribution in [2.45, 2.75) is 6.92 Å². The van der Waals surface area contributed by atoms with Gasteiger partial charge in [-0.05, 0) is 6.92 Å². The number of hydrogen-bond acceptors (Lipinski definition) is 8. The predicted molar refractivity (Wildman–Crippen MR) is 93.4 cm³/mol. The second-order valence-electron chi connectivity index (χ2n) is 6.00. The third-order valence-electron chi connectivity index (χ3n) is 4.43. The Morgan fingerprint density at radius 2 is 1.72 bits per heavy atom. The molecule has 0 saturated carbocycles. The molecule has 1 amide bonds. The third-order valence-corrected chi connectivity index (χ3v) is 5.71. The van der Waals surface area contributed by atoms with Crippen molar-refractivity contribution >= 4 is 34.7 Å².